The minimum absolute atomic E-state index is 0.0170. The number of nitrogens with two attached hydrogens (primary N) is 1. The lowest BCUT2D eigenvalue weighted by atomic mass is 10.2. The molecule has 8 nitrogen and oxygen atoms in total. The van der Waals surface area contributed by atoms with E-state index in [1.54, 1.807) is 6.92 Å². The Morgan fingerprint density at radius 3 is 2.59 bits per heavy atom. The number of nitrogens with one attached hydrogen (secondary N) is 1. The van der Waals surface area contributed by atoms with Gasteiger partial charge in [0.25, 0.3) is 5.56 Å². The summed E-state index contributed by atoms with van der Waals surface area (Å²) in [6, 6.07) is -0.329. The van der Waals surface area contributed by atoms with E-state index in [2.05, 4.69) is 10.4 Å². The maximum Gasteiger partial charge on any atom is 0.346 e. The number of aromatic nitrogens is 3. The molecular weight excluding hydrogens is 226 g/mol. The van der Waals surface area contributed by atoms with Gasteiger partial charge in [0.05, 0.1) is 0 Å². The SMILES string of the molecule is CC(CC(N)=O)Nc1nn(C)c(=O)n(C)c1=O. The molecule has 1 aromatic heterocycles. The van der Waals surface area contributed by atoms with Gasteiger partial charge in [0, 0.05) is 26.6 Å². The Hall–Kier alpha value is -2.12. The number of amides is 1. The molecule has 1 amide bonds. The zero-order valence-electron chi connectivity index (χ0n) is 9.93. The van der Waals surface area contributed by atoms with Crippen molar-refractivity contribution in [1.82, 2.24) is 14.3 Å². The van der Waals surface area contributed by atoms with Crippen LogP contribution < -0.4 is 22.3 Å². The van der Waals surface area contributed by atoms with Gasteiger partial charge in [0.15, 0.2) is 0 Å². The van der Waals surface area contributed by atoms with E-state index in [1.165, 1.54) is 14.1 Å². The van der Waals surface area contributed by atoms with Crippen LogP contribution in [-0.4, -0.2) is 26.3 Å². The smallest absolute Gasteiger partial charge is 0.346 e. The summed E-state index contributed by atoms with van der Waals surface area (Å²) in [7, 11) is 2.79. The van der Waals surface area contributed by atoms with E-state index in [9.17, 15) is 14.4 Å². The first kappa shape index (κ1) is 12.9. The molecular formula is C9H15N5O3. The molecule has 17 heavy (non-hydrogen) atoms. The number of hydrogen-bond acceptors (Lipinski definition) is 5. The number of hydrogen-bond donors (Lipinski definition) is 2. The average Bonchev–Trinajstić information content (AvgIpc) is 2.21. The Labute approximate surface area is 97.0 Å². The molecule has 0 aliphatic carbocycles. The van der Waals surface area contributed by atoms with Crippen molar-refractivity contribution < 1.29 is 4.79 Å². The van der Waals surface area contributed by atoms with Crippen LogP contribution in [0, 0.1) is 0 Å². The van der Waals surface area contributed by atoms with Gasteiger partial charge in [0.1, 0.15) is 0 Å². The van der Waals surface area contributed by atoms with Crippen molar-refractivity contribution in [2.24, 2.45) is 19.8 Å². The molecule has 1 aromatic rings. The van der Waals surface area contributed by atoms with Crippen molar-refractivity contribution in [2.45, 2.75) is 19.4 Å². The van der Waals surface area contributed by atoms with E-state index in [0.717, 1.165) is 9.25 Å². The molecule has 1 rings (SSSR count). The Balaban J connectivity index is 3.04. The van der Waals surface area contributed by atoms with Crippen molar-refractivity contribution in [2.75, 3.05) is 5.32 Å². The standard InChI is InChI=1S/C9H15N5O3/c1-5(4-6(10)15)11-7-8(16)13(2)9(17)14(3)12-7/h5H,4H2,1-3H3,(H2,10,15)(H,11,12). The Kier molecular flexibility index (Phi) is 3.66. The second kappa shape index (κ2) is 4.81. The zero-order valence-corrected chi connectivity index (χ0v) is 9.93. The summed E-state index contributed by atoms with van der Waals surface area (Å²) >= 11 is 0. The van der Waals surface area contributed by atoms with E-state index in [1.807, 2.05) is 0 Å². The molecule has 1 unspecified atom stereocenters. The Bertz CT molecular complexity index is 545. The molecule has 0 bridgehead atoms. The normalized spacial score (nSPS) is 12.2. The summed E-state index contributed by atoms with van der Waals surface area (Å²) in [6.45, 7) is 1.69. The van der Waals surface area contributed by atoms with Gasteiger partial charge in [-0.1, -0.05) is 0 Å². The van der Waals surface area contributed by atoms with Gasteiger partial charge >= 0.3 is 5.69 Å². The Morgan fingerprint density at radius 1 is 1.47 bits per heavy atom. The maximum absolute atomic E-state index is 11.7. The predicted octanol–water partition coefficient (Wildman–Crippen LogP) is -1.85. The molecule has 0 saturated carbocycles. The van der Waals surface area contributed by atoms with Crippen LogP contribution in [0.15, 0.2) is 9.59 Å². The van der Waals surface area contributed by atoms with Gasteiger partial charge < -0.3 is 11.1 Å². The molecule has 94 valence electrons. The van der Waals surface area contributed by atoms with Gasteiger partial charge in [-0.2, -0.15) is 0 Å². The molecule has 0 saturated heterocycles. The van der Waals surface area contributed by atoms with Gasteiger partial charge in [-0.25, -0.2) is 9.48 Å². The Morgan fingerprint density at radius 2 is 2.06 bits per heavy atom. The van der Waals surface area contributed by atoms with Gasteiger partial charge in [-0.15, -0.1) is 5.10 Å². The minimum Gasteiger partial charge on any atom is -0.370 e. The van der Waals surface area contributed by atoms with E-state index < -0.39 is 17.2 Å². The third kappa shape index (κ3) is 2.92. The number of anilines is 1. The highest BCUT2D eigenvalue weighted by Crippen LogP contribution is 1.98. The van der Waals surface area contributed by atoms with Crippen LogP contribution in [0.3, 0.4) is 0 Å². The summed E-state index contributed by atoms with van der Waals surface area (Å²) < 4.78 is 1.98. The third-order valence-electron chi connectivity index (χ3n) is 2.21. The number of nitrogens with zero attached hydrogens (tertiary/aromatic N) is 3. The molecule has 1 heterocycles. The second-order valence-corrected chi connectivity index (χ2v) is 3.83. The van der Waals surface area contributed by atoms with Crippen molar-refractivity contribution in [3.63, 3.8) is 0 Å². The molecule has 3 N–H and O–H groups in total. The van der Waals surface area contributed by atoms with Gasteiger partial charge in [0.2, 0.25) is 11.7 Å². The number of carbonyl (C=O) groups is 1. The van der Waals surface area contributed by atoms with Crippen molar-refractivity contribution in [1.29, 1.82) is 0 Å². The highest BCUT2D eigenvalue weighted by Gasteiger charge is 2.12. The van der Waals surface area contributed by atoms with E-state index in [0.29, 0.717) is 0 Å². The number of primary amides is 1. The van der Waals surface area contributed by atoms with Crippen molar-refractivity contribution >= 4 is 11.7 Å². The third-order valence-corrected chi connectivity index (χ3v) is 2.21. The van der Waals surface area contributed by atoms with E-state index in [4.69, 9.17) is 5.73 Å². The highest BCUT2D eigenvalue weighted by atomic mass is 16.2. The number of carbonyl (C=O) groups excluding carboxylic acids is 1. The largest absolute Gasteiger partial charge is 0.370 e. The molecule has 0 spiro atoms. The summed E-state index contributed by atoms with van der Waals surface area (Å²) in [6.07, 6.45) is 0.0771. The van der Waals surface area contributed by atoms with Crippen LogP contribution in [-0.2, 0) is 18.9 Å². The fraction of sp³-hybridized carbons (Fsp3) is 0.556. The fourth-order valence-corrected chi connectivity index (χ4v) is 1.38. The van der Waals surface area contributed by atoms with Crippen LogP contribution in [0.2, 0.25) is 0 Å². The maximum atomic E-state index is 11.7. The summed E-state index contributed by atoms with van der Waals surface area (Å²) in [5.41, 5.74) is 3.98. The minimum atomic E-state index is -0.538. The average molecular weight is 241 g/mol. The first-order valence-electron chi connectivity index (χ1n) is 5.02. The topological polar surface area (TPSA) is 112 Å². The molecule has 0 aliphatic rings. The molecule has 1 atom stereocenters. The molecule has 0 aliphatic heterocycles. The van der Waals surface area contributed by atoms with Crippen LogP contribution in [0.5, 0.6) is 0 Å². The lowest BCUT2D eigenvalue weighted by Gasteiger charge is -2.13. The summed E-state index contributed by atoms with van der Waals surface area (Å²) in [5, 5.41) is 6.53. The van der Waals surface area contributed by atoms with E-state index in [-0.39, 0.29) is 18.3 Å². The lowest BCUT2D eigenvalue weighted by Crippen LogP contribution is -2.41. The molecule has 0 aromatic carbocycles. The predicted molar refractivity (Wildman–Crippen MR) is 61.6 cm³/mol. The van der Waals surface area contributed by atoms with Crippen LogP contribution >= 0.6 is 0 Å². The van der Waals surface area contributed by atoms with Crippen LogP contribution in [0.4, 0.5) is 5.82 Å². The number of rotatable bonds is 4. The van der Waals surface area contributed by atoms with Gasteiger partial charge in [-0.3, -0.25) is 14.2 Å². The highest BCUT2D eigenvalue weighted by molar-refractivity contribution is 5.74. The van der Waals surface area contributed by atoms with Crippen LogP contribution in [0.25, 0.3) is 0 Å². The van der Waals surface area contributed by atoms with Crippen LogP contribution in [0.1, 0.15) is 13.3 Å². The molecule has 0 fully saturated rings. The first-order valence-corrected chi connectivity index (χ1v) is 5.02. The first-order chi connectivity index (χ1) is 7.82. The quantitative estimate of drug-likeness (QED) is 0.643. The van der Waals surface area contributed by atoms with Gasteiger partial charge in [-0.05, 0) is 6.92 Å². The monoisotopic (exact) mass is 241 g/mol. The van der Waals surface area contributed by atoms with E-state index >= 15 is 0 Å². The second-order valence-electron chi connectivity index (χ2n) is 3.83. The van der Waals surface area contributed by atoms with Crippen molar-refractivity contribution in [3.8, 4) is 0 Å². The number of aryl methyl sites for hydroxylation is 1. The molecule has 0 radical (unpaired) electrons. The summed E-state index contributed by atoms with van der Waals surface area (Å²) in [5.74, 6) is -0.463. The lowest BCUT2D eigenvalue weighted by molar-refractivity contribution is -0.118. The fourth-order valence-electron chi connectivity index (χ4n) is 1.38. The molecule has 8 heteroatoms. The zero-order chi connectivity index (χ0) is 13.2. The summed E-state index contributed by atoms with van der Waals surface area (Å²) in [4.78, 5) is 33.7. The van der Waals surface area contributed by atoms with Crippen molar-refractivity contribution in [3.05, 3.63) is 20.8 Å².